The number of phenolic OH excluding ortho intramolecular Hbond substituents is 1. The molecule has 0 radical (unpaired) electrons. The molecule has 0 bridgehead atoms. The molecule has 1 aromatic rings. The van der Waals surface area contributed by atoms with Gasteiger partial charge in [-0.2, -0.15) is 0 Å². The highest BCUT2D eigenvalue weighted by Crippen LogP contribution is 2.67. The second-order valence-corrected chi connectivity index (χ2v) is 14.3. The first-order valence-corrected chi connectivity index (χ1v) is 15.9. The van der Waals surface area contributed by atoms with E-state index in [4.69, 9.17) is 9.47 Å². The van der Waals surface area contributed by atoms with Gasteiger partial charge in [0.05, 0.1) is 11.7 Å². The summed E-state index contributed by atoms with van der Waals surface area (Å²) in [4.78, 5) is 39.1. The molecule has 4 rings (SSSR count). The third-order valence-corrected chi connectivity index (χ3v) is 10.8. The van der Waals surface area contributed by atoms with Crippen LogP contribution in [-0.4, -0.2) is 86.4 Å². The number of aromatic hydroxyl groups is 1. The number of phenols is 1. The maximum Gasteiger partial charge on any atom is 0.407 e. The number of alkyl carbamates (subject to hydrolysis) is 1. The lowest BCUT2D eigenvalue weighted by Crippen LogP contribution is -2.86. The van der Waals surface area contributed by atoms with E-state index in [1.165, 1.54) is 13.0 Å². The molecule has 3 aliphatic rings. The molecule has 0 aromatic heterocycles. The van der Waals surface area contributed by atoms with E-state index >= 15 is 0 Å². The summed E-state index contributed by atoms with van der Waals surface area (Å²) in [5, 5.41) is 50.6. The van der Waals surface area contributed by atoms with Crippen molar-refractivity contribution in [2.75, 3.05) is 13.1 Å². The number of fused-ring (bicyclic) bond motifs is 3. The number of Topliss-reactive ketones (excluding diaryl/α,β-unsaturated/α-hetero) is 1. The smallest absolute Gasteiger partial charge is 0.407 e. The van der Waals surface area contributed by atoms with Gasteiger partial charge < -0.3 is 40.5 Å². The van der Waals surface area contributed by atoms with Crippen LogP contribution in [0.3, 0.4) is 0 Å². The van der Waals surface area contributed by atoms with E-state index in [-0.39, 0.29) is 24.6 Å². The van der Waals surface area contributed by atoms with Crippen LogP contribution in [0.1, 0.15) is 78.7 Å². The van der Waals surface area contributed by atoms with Crippen LogP contribution in [0, 0.1) is 16.7 Å². The van der Waals surface area contributed by atoms with Crippen LogP contribution in [0.2, 0.25) is 0 Å². The molecular formula is C34H50N2O9. The van der Waals surface area contributed by atoms with E-state index in [0.717, 1.165) is 5.56 Å². The molecule has 2 saturated carbocycles. The van der Waals surface area contributed by atoms with Crippen molar-refractivity contribution in [2.24, 2.45) is 16.7 Å². The highest BCUT2D eigenvalue weighted by molar-refractivity contribution is 5.92. The van der Waals surface area contributed by atoms with Crippen molar-refractivity contribution in [3.8, 4) is 5.75 Å². The first-order chi connectivity index (χ1) is 20.9. The largest absolute Gasteiger partial charge is 0.508 e. The number of carbonyl (C=O) groups is 3. The molecule has 250 valence electrons. The second kappa shape index (κ2) is 12.7. The second-order valence-electron chi connectivity index (χ2n) is 14.3. The van der Waals surface area contributed by atoms with Gasteiger partial charge in [-0.3, -0.25) is 9.59 Å². The zero-order chi connectivity index (χ0) is 33.4. The van der Waals surface area contributed by atoms with Gasteiger partial charge in [0.1, 0.15) is 23.6 Å². The summed E-state index contributed by atoms with van der Waals surface area (Å²) in [6.07, 6.45) is -0.568. The fourth-order valence-electron chi connectivity index (χ4n) is 8.25. The number of ketones is 1. The number of aryl methyl sites for hydroxylation is 1. The Labute approximate surface area is 265 Å². The highest BCUT2D eigenvalue weighted by Gasteiger charge is 2.81. The molecule has 3 fully saturated rings. The van der Waals surface area contributed by atoms with Crippen molar-refractivity contribution in [2.45, 2.75) is 115 Å². The van der Waals surface area contributed by atoms with Crippen molar-refractivity contribution < 1.29 is 44.3 Å². The summed E-state index contributed by atoms with van der Waals surface area (Å²) in [5.74, 6) is -1.26. The zero-order valence-electron chi connectivity index (χ0n) is 27.1. The number of carbonyl (C=O) groups excluding carboxylic acids is 3. The number of benzene rings is 1. The molecule has 8 atom stereocenters. The van der Waals surface area contributed by atoms with E-state index < -0.39 is 63.7 Å². The average Bonchev–Trinajstić information content (AvgIpc) is 2.97. The molecule has 0 unspecified atom stereocenters. The normalized spacial score (nSPS) is 37.1. The van der Waals surface area contributed by atoms with Gasteiger partial charge in [0.2, 0.25) is 5.91 Å². The number of rotatable bonds is 10. The summed E-state index contributed by atoms with van der Waals surface area (Å²) in [6.45, 7) is 13.1. The summed E-state index contributed by atoms with van der Waals surface area (Å²) >= 11 is 0. The third kappa shape index (κ3) is 6.12. The van der Waals surface area contributed by atoms with Crippen molar-refractivity contribution in [1.29, 1.82) is 0 Å². The molecule has 11 nitrogen and oxygen atoms in total. The molecular weight excluding hydrogens is 580 g/mol. The fraction of sp³-hybridized carbons (Fsp3) is 0.676. The van der Waals surface area contributed by atoms with Crippen LogP contribution in [0.25, 0.3) is 0 Å². The lowest BCUT2D eigenvalue weighted by atomic mass is 9.40. The van der Waals surface area contributed by atoms with Gasteiger partial charge >= 0.3 is 6.09 Å². The van der Waals surface area contributed by atoms with Crippen LogP contribution in [0.4, 0.5) is 4.79 Å². The molecule has 11 heteroatoms. The Kier molecular flexibility index (Phi) is 9.81. The SMILES string of the molecule is C=C[C@@]1(C)CC(=O)[C@]2(O)[C@@]3(C)[C@@H](O)CCC(C)(C)[C@@H]3[C@H](OC(=O)NCCCCNC(=O)CCc3ccc(O)cc3)[C@H](O)[C@@]2(C)O1. The van der Waals surface area contributed by atoms with Gasteiger partial charge in [0, 0.05) is 37.3 Å². The number of nitrogens with one attached hydrogen (secondary N) is 2. The fourth-order valence-corrected chi connectivity index (χ4v) is 8.25. The van der Waals surface area contributed by atoms with Crippen molar-refractivity contribution in [3.05, 3.63) is 42.5 Å². The number of unbranched alkanes of at least 4 members (excludes halogenated alkanes) is 1. The van der Waals surface area contributed by atoms with E-state index in [1.807, 2.05) is 13.8 Å². The van der Waals surface area contributed by atoms with Gasteiger partial charge in [-0.15, -0.1) is 6.58 Å². The topological polar surface area (TPSA) is 175 Å². The van der Waals surface area contributed by atoms with E-state index in [1.54, 1.807) is 38.1 Å². The van der Waals surface area contributed by atoms with Crippen molar-refractivity contribution >= 4 is 17.8 Å². The van der Waals surface area contributed by atoms with Gasteiger partial charge in [-0.1, -0.05) is 39.0 Å². The Morgan fingerprint density at radius 2 is 1.69 bits per heavy atom. The van der Waals surface area contributed by atoms with E-state index in [2.05, 4.69) is 17.2 Å². The summed E-state index contributed by atoms with van der Waals surface area (Å²) < 4.78 is 12.2. The predicted octanol–water partition coefficient (Wildman–Crippen LogP) is 2.92. The van der Waals surface area contributed by atoms with Crippen LogP contribution in [-0.2, 0) is 25.5 Å². The molecule has 1 saturated heterocycles. The number of aliphatic hydroxyl groups excluding tert-OH is 2. The van der Waals surface area contributed by atoms with E-state index in [0.29, 0.717) is 45.1 Å². The number of amides is 2. The maximum absolute atomic E-state index is 13.8. The highest BCUT2D eigenvalue weighted by atomic mass is 16.6. The Hall–Kier alpha value is -2.99. The zero-order valence-corrected chi connectivity index (χ0v) is 27.1. The first-order valence-electron chi connectivity index (χ1n) is 15.9. The van der Waals surface area contributed by atoms with Crippen molar-refractivity contribution in [1.82, 2.24) is 10.6 Å². The van der Waals surface area contributed by atoms with Crippen LogP contribution in [0.15, 0.2) is 36.9 Å². The minimum atomic E-state index is -2.27. The molecule has 6 N–H and O–H groups in total. The lowest BCUT2D eigenvalue weighted by Gasteiger charge is -2.71. The van der Waals surface area contributed by atoms with Gasteiger partial charge in [0.25, 0.3) is 0 Å². The Morgan fingerprint density at radius 1 is 1.07 bits per heavy atom. The average molecular weight is 631 g/mol. The third-order valence-electron chi connectivity index (χ3n) is 10.8. The molecule has 1 heterocycles. The minimum absolute atomic E-state index is 0.0912. The van der Waals surface area contributed by atoms with Gasteiger partial charge in [-0.25, -0.2) is 4.79 Å². The minimum Gasteiger partial charge on any atom is -0.508 e. The monoisotopic (exact) mass is 630 g/mol. The molecule has 2 amide bonds. The Morgan fingerprint density at radius 3 is 2.31 bits per heavy atom. The van der Waals surface area contributed by atoms with Gasteiger partial charge in [-0.05, 0) is 69.1 Å². The molecule has 2 aliphatic carbocycles. The number of ether oxygens (including phenoxy) is 2. The first kappa shape index (κ1) is 34.9. The standard InChI is InChI=1S/C34H50N2O9/c1-7-31(4)20-24(39)34(43)32(5)23(38)16-17-30(2,3)27(32)26(28(41)33(34,6)45-31)44-29(42)36-19-9-8-18-35-25(40)15-12-21-10-13-22(37)14-11-21/h7,10-11,13-14,23,26-28,37-38,41,43H,1,8-9,12,15-20H2,2-6H3,(H,35,40)(H,36,42)/t23-,26-,27-,28-,31-,32-,33+,34-/m0/s1. The lowest BCUT2D eigenvalue weighted by molar-refractivity contribution is -0.369. The quantitative estimate of drug-likeness (QED) is 0.168. The number of aliphatic hydroxyl groups is 3. The molecule has 1 aliphatic heterocycles. The number of hydrogen-bond acceptors (Lipinski definition) is 9. The van der Waals surface area contributed by atoms with Gasteiger partial charge in [0.15, 0.2) is 11.4 Å². The molecule has 1 aromatic carbocycles. The summed E-state index contributed by atoms with van der Waals surface area (Å²) in [6, 6.07) is 6.72. The maximum atomic E-state index is 13.8. The van der Waals surface area contributed by atoms with E-state index in [9.17, 15) is 34.8 Å². The Balaban J connectivity index is 1.39. The summed E-state index contributed by atoms with van der Waals surface area (Å²) in [7, 11) is 0. The van der Waals surface area contributed by atoms with Crippen LogP contribution in [0.5, 0.6) is 5.75 Å². The van der Waals surface area contributed by atoms with Crippen LogP contribution >= 0.6 is 0 Å². The summed E-state index contributed by atoms with van der Waals surface area (Å²) in [5.41, 5.74) is -6.56. The Bertz CT molecular complexity index is 1280. The van der Waals surface area contributed by atoms with Crippen LogP contribution < -0.4 is 10.6 Å². The van der Waals surface area contributed by atoms with Crippen molar-refractivity contribution in [3.63, 3.8) is 0 Å². The molecule has 45 heavy (non-hydrogen) atoms. The predicted molar refractivity (Wildman–Crippen MR) is 166 cm³/mol. The number of hydrogen-bond donors (Lipinski definition) is 6. The molecule has 0 spiro atoms.